The molecule has 4 rings (SSSR count). The lowest BCUT2D eigenvalue weighted by Crippen LogP contribution is -2.36. The fourth-order valence-corrected chi connectivity index (χ4v) is 3.56. The summed E-state index contributed by atoms with van der Waals surface area (Å²) in [5, 5.41) is 8.27. The van der Waals surface area contributed by atoms with Crippen molar-refractivity contribution in [2.24, 2.45) is 0 Å². The number of piperidine rings is 1. The summed E-state index contributed by atoms with van der Waals surface area (Å²) in [5.74, 6) is 0.915. The first-order valence-corrected chi connectivity index (χ1v) is 9.25. The monoisotopic (exact) mass is 357 g/mol. The molecule has 1 saturated heterocycles. The van der Waals surface area contributed by atoms with Crippen molar-refractivity contribution in [2.45, 2.75) is 32.1 Å². The summed E-state index contributed by atoms with van der Waals surface area (Å²) < 4.78 is 11.2. The van der Waals surface area contributed by atoms with E-state index in [1.54, 1.807) is 29.9 Å². The Morgan fingerprint density at radius 2 is 2.20 bits per heavy atom. The Bertz CT molecular complexity index is 769. The third-order valence-corrected chi connectivity index (χ3v) is 4.96. The molecule has 0 aromatic carbocycles. The number of rotatable bonds is 6. The molecule has 4 heterocycles. The molecular weight excluding hydrogens is 338 g/mol. The Hall–Kier alpha value is -2.16. The minimum Gasteiger partial charge on any atom is -0.368 e. The standard InChI is InChI=1S/C17H19N5O2S/c1-6-22(10-13-3-8-25-12-13)7-2-14(1)23-11-16-20-17(21-24-16)15-9-18-4-5-19-15/h3-5,8-9,12,14H,1-2,6-7,10-11H2. The van der Waals surface area contributed by atoms with Gasteiger partial charge in [-0.15, -0.1) is 0 Å². The lowest BCUT2D eigenvalue weighted by atomic mass is 10.1. The zero-order chi connectivity index (χ0) is 16.9. The van der Waals surface area contributed by atoms with Gasteiger partial charge in [0, 0.05) is 32.0 Å². The van der Waals surface area contributed by atoms with E-state index >= 15 is 0 Å². The van der Waals surface area contributed by atoms with Crippen molar-refractivity contribution in [3.63, 3.8) is 0 Å². The number of thiophene rings is 1. The SMILES string of the molecule is c1cnc(-c2noc(COC3CCN(Cc4ccsc4)CC3)n2)cn1. The van der Waals surface area contributed by atoms with Gasteiger partial charge in [-0.1, -0.05) is 5.16 Å². The molecule has 0 amide bonds. The lowest BCUT2D eigenvalue weighted by molar-refractivity contribution is -0.0136. The molecule has 3 aromatic rings. The average Bonchev–Trinajstić information content (AvgIpc) is 3.34. The molecule has 25 heavy (non-hydrogen) atoms. The third-order valence-electron chi connectivity index (χ3n) is 4.22. The topological polar surface area (TPSA) is 77.2 Å². The van der Waals surface area contributed by atoms with Gasteiger partial charge in [-0.2, -0.15) is 16.3 Å². The molecule has 0 spiro atoms. The van der Waals surface area contributed by atoms with Crippen LogP contribution in [0.1, 0.15) is 24.3 Å². The quantitative estimate of drug-likeness (QED) is 0.671. The van der Waals surface area contributed by atoms with Crippen LogP contribution in [0.2, 0.25) is 0 Å². The van der Waals surface area contributed by atoms with Gasteiger partial charge >= 0.3 is 0 Å². The van der Waals surface area contributed by atoms with Crippen molar-refractivity contribution in [2.75, 3.05) is 13.1 Å². The maximum absolute atomic E-state index is 5.94. The second kappa shape index (κ2) is 7.81. The maximum atomic E-state index is 5.94. The Balaban J connectivity index is 1.24. The molecule has 130 valence electrons. The molecule has 7 nitrogen and oxygen atoms in total. The van der Waals surface area contributed by atoms with E-state index in [1.807, 2.05) is 0 Å². The molecule has 0 aliphatic carbocycles. The van der Waals surface area contributed by atoms with Crippen molar-refractivity contribution >= 4 is 11.3 Å². The van der Waals surface area contributed by atoms with E-state index in [2.05, 4.69) is 41.8 Å². The van der Waals surface area contributed by atoms with E-state index in [1.165, 1.54) is 5.56 Å². The van der Waals surface area contributed by atoms with Crippen LogP contribution in [0.25, 0.3) is 11.5 Å². The number of nitrogens with zero attached hydrogens (tertiary/aromatic N) is 5. The third kappa shape index (κ3) is 4.28. The fourth-order valence-electron chi connectivity index (χ4n) is 2.90. The number of aromatic nitrogens is 4. The first-order chi connectivity index (χ1) is 12.4. The van der Waals surface area contributed by atoms with Gasteiger partial charge < -0.3 is 9.26 Å². The summed E-state index contributed by atoms with van der Waals surface area (Å²) in [5.41, 5.74) is 1.99. The molecule has 1 aliphatic heterocycles. The minimum absolute atomic E-state index is 0.241. The van der Waals surface area contributed by atoms with E-state index in [0.717, 1.165) is 32.5 Å². The second-order valence-corrected chi connectivity index (χ2v) is 6.80. The Kier molecular flexibility index (Phi) is 5.10. The summed E-state index contributed by atoms with van der Waals surface area (Å²) in [6, 6.07) is 2.19. The van der Waals surface area contributed by atoms with Gasteiger partial charge in [0.15, 0.2) is 0 Å². The number of hydrogen-bond donors (Lipinski definition) is 0. The number of ether oxygens (including phenoxy) is 1. The smallest absolute Gasteiger partial charge is 0.253 e. The van der Waals surface area contributed by atoms with E-state index in [0.29, 0.717) is 24.0 Å². The summed E-state index contributed by atoms with van der Waals surface area (Å²) in [6.45, 7) is 3.47. The van der Waals surface area contributed by atoms with Crippen LogP contribution in [0.15, 0.2) is 39.9 Å². The predicted octanol–water partition coefficient (Wildman–Crippen LogP) is 2.77. The lowest BCUT2D eigenvalue weighted by Gasteiger charge is -2.31. The van der Waals surface area contributed by atoms with E-state index in [-0.39, 0.29) is 6.10 Å². The van der Waals surface area contributed by atoms with Gasteiger partial charge in [0.25, 0.3) is 5.89 Å². The van der Waals surface area contributed by atoms with Gasteiger partial charge in [0.2, 0.25) is 5.82 Å². The zero-order valence-corrected chi connectivity index (χ0v) is 14.6. The highest BCUT2D eigenvalue weighted by molar-refractivity contribution is 7.07. The maximum Gasteiger partial charge on any atom is 0.253 e. The van der Waals surface area contributed by atoms with Crippen molar-refractivity contribution in [1.29, 1.82) is 0 Å². The summed E-state index contributed by atoms with van der Waals surface area (Å²) in [6.07, 6.45) is 7.11. The van der Waals surface area contributed by atoms with Crippen LogP contribution in [0.3, 0.4) is 0 Å². The molecule has 0 atom stereocenters. The van der Waals surface area contributed by atoms with Gasteiger partial charge in [-0.3, -0.25) is 9.88 Å². The molecule has 0 saturated carbocycles. The molecule has 1 fully saturated rings. The van der Waals surface area contributed by atoms with Crippen LogP contribution in [-0.2, 0) is 17.9 Å². The second-order valence-electron chi connectivity index (χ2n) is 6.02. The van der Waals surface area contributed by atoms with E-state index in [9.17, 15) is 0 Å². The van der Waals surface area contributed by atoms with Crippen molar-refractivity contribution in [3.05, 3.63) is 46.9 Å². The van der Waals surface area contributed by atoms with Crippen molar-refractivity contribution < 1.29 is 9.26 Å². The molecule has 0 radical (unpaired) electrons. The molecule has 0 unspecified atom stereocenters. The van der Waals surface area contributed by atoms with Gasteiger partial charge in [-0.25, -0.2) is 4.98 Å². The van der Waals surface area contributed by atoms with Gasteiger partial charge in [0.1, 0.15) is 12.3 Å². The first-order valence-electron chi connectivity index (χ1n) is 8.31. The largest absolute Gasteiger partial charge is 0.368 e. The summed E-state index contributed by atoms with van der Waals surface area (Å²) in [7, 11) is 0. The Labute approximate surface area is 149 Å². The van der Waals surface area contributed by atoms with Crippen LogP contribution >= 0.6 is 11.3 Å². The molecule has 3 aromatic heterocycles. The molecule has 8 heteroatoms. The zero-order valence-electron chi connectivity index (χ0n) is 13.7. The highest BCUT2D eigenvalue weighted by Crippen LogP contribution is 2.19. The van der Waals surface area contributed by atoms with E-state index in [4.69, 9.17) is 9.26 Å². The Morgan fingerprint density at radius 1 is 1.28 bits per heavy atom. The van der Waals surface area contributed by atoms with Crippen LogP contribution in [0.5, 0.6) is 0 Å². The highest BCUT2D eigenvalue weighted by atomic mass is 32.1. The summed E-state index contributed by atoms with van der Waals surface area (Å²) in [4.78, 5) is 15.0. The molecule has 0 N–H and O–H groups in total. The van der Waals surface area contributed by atoms with Crippen molar-refractivity contribution in [1.82, 2.24) is 25.0 Å². The fraction of sp³-hybridized carbons (Fsp3) is 0.412. The molecule has 1 aliphatic rings. The van der Waals surface area contributed by atoms with Crippen LogP contribution in [-0.4, -0.2) is 44.2 Å². The first kappa shape index (κ1) is 16.3. The van der Waals surface area contributed by atoms with Crippen LogP contribution < -0.4 is 0 Å². The number of likely N-dealkylation sites (tertiary alicyclic amines) is 1. The number of hydrogen-bond acceptors (Lipinski definition) is 8. The van der Waals surface area contributed by atoms with Crippen LogP contribution in [0.4, 0.5) is 0 Å². The Morgan fingerprint density at radius 3 is 2.96 bits per heavy atom. The minimum atomic E-state index is 0.241. The van der Waals surface area contributed by atoms with E-state index < -0.39 is 0 Å². The van der Waals surface area contributed by atoms with Gasteiger partial charge in [0.05, 0.1) is 12.3 Å². The normalized spacial score (nSPS) is 16.3. The average molecular weight is 357 g/mol. The predicted molar refractivity (Wildman–Crippen MR) is 92.7 cm³/mol. The molecule has 0 bridgehead atoms. The summed E-state index contributed by atoms with van der Waals surface area (Å²) >= 11 is 1.75. The van der Waals surface area contributed by atoms with Crippen molar-refractivity contribution in [3.8, 4) is 11.5 Å². The molecular formula is C17H19N5O2S. The van der Waals surface area contributed by atoms with Gasteiger partial charge in [-0.05, 0) is 35.2 Å². The highest BCUT2D eigenvalue weighted by Gasteiger charge is 2.21. The van der Waals surface area contributed by atoms with Crippen LogP contribution in [0, 0.1) is 0 Å².